The molecule has 2 fully saturated rings. The van der Waals surface area contributed by atoms with Crippen LogP contribution in [0, 0.1) is 11.2 Å². The molecule has 184 valence electrons. The molecule has 0 radical (unpaired) electrons. The number of carbonyl (C=O) groups is 1. The van der Waals surface area contributed by atoms with Crippen LogP contribution in [0.3, 0.4) is 0 Å². The van der Waals surface area contributed by atoms with Gasteiger partial charge >= 0.3 is 12.3 Å². The maximum Gasteiger partial charge on any atom is 0.573 e. The highest BCUT2D eigenvalue weighted by atomic mass is 19.4. The zero-order chi connectivity index (χ0) is 24.6. The first-order chi connectivity index (χ1) is 16.0. The van der Waals surface area contributed by atoms with E-state index in [4.69, 9.17) is 0 Å². The number of benzene rings is 2. The fourth-order valence-electron chi connectivity index (χ4n) is 5.15. The van der Waals surface area contributed by atoms with Crippen LogP contribution in [0.4, 0.5) is 26.3 Å². The highest BCUT2D eigenvalue weighted by molar-refractivity contribution is 5.85. The van der Waals surface area contributed by atoms with Gasteiger partial charge in [0, 0.05) is 25.6 Å². The summed E-state index contributed by atoms with van der Waals surface area (Å²) in [5.41, 5.74) is -0.424. The summed E-state index contributed by atoms with van der Waals surface area (Å²) in [5, 5.41) is 3.32. The molecule has 2 aromatic carbocycles. The first-order valence-electron chi connectivity index (χ1n) is 11.0. The Labute approximate surface area is 192 Å². The minimum absolute atomic E-state index is 0.0283. The summed E-state index contributed by atoms with van der Waals surface area (Å²) in [4.78, 5) is 13.8. The van der Waals surface area contributed by atoms with Crippen LogP contribution in [0.5, 0.6) is 5.75 Å². The van der Waals surface area contributed by atoms with Gasteiger partial charge in [-0.25, -0.2) is 4.39 Å². The Balaban J connectivity index is 1.51. The maximum atomic E-state index is 15.1. The lowest BCUT2D eigenvalue weighted by Crippen LogP contribution is -2.53. The molecule has 2 aromatic rings. The number of carbonyl (C=O) groups excluding carboxylic acids is 1. The van der Waals surface area contributed by atoms with Gasteiger partial charge in [-0.05, 0) is 61.1 Å². The van der Waals surface area contributed by atoms with Gasteiger partial charge in [-0.15, -0.1) is 13.2 Å². The van der Waals surface area contributed by atoms with E-state index >= 15 is 8.78 Å². The number of piperidine rings is 2. The second kappa shape index (κ2) is 9.13. The molecular weight excluding hydrogens is 462 g/mol. The Bertz CT molecular complexity index is 1020. The predicted octanol–water partition coefficient (Wildman–Crippen LogP) is 5.20. The molecule has 34 heavy (non-hydrogen) atoms. The Morgan fingerprint density at radius 1 is 0.971 bits per heavy atom. The van der Waals surface area contributed by atoms with Crippen LogP contribution >= 0.6 is 0 Å². The van der Waals surface area contributed by atoms with Gasteiger partial charge in [-0.3, -0.25) is 4.79 Å². The first kappa shape index (κ1) is 24.4. The molecule has 2 saturated heterocycles. The number of halogens is 6. The van der Waals surface area contributed by atoms with E-state index in [0.717, 1.165) is 47.7 Å². The summed E-state index contributed by atoms with van der Waals surface area (Å²) in [6.07, 6.45) is -3.48. The average molecular weight is 486 g/mol. The summed E-state index contributed by atoms with van der Waals surface area (Å²) in [5.74, 6) is -7.15. The molecule has 0 aromatic heterocycles. The number of para-hydroxylation sites is 1. The molecule has 2 aliphatic heterocycles. The van der Waals surface area contributed by atoms with Gasteiger partial charge < -0.3 is 15.0 Å². The van der Waals surface area contributed by atoms with E-state index < -0.39 is 29.5 Å². The lowest BCUT2D eigenvalue weighted by atomic mass is 9.62. The molecular formula is C24H24F6N2O2. The zero-order valence-corrected chi connectivity index (χ0v) is 18.2. The summed E-state index contributed by atoms with van der Waals surface area (Å²) in [6.45, 7) is 1.49. The summed E-state index contributed by atoms with van der Waals surface area (Å²) in [7, 11) is 0. The standard InChI is InChI=1S/C24H24F6N2O2/c25-17-7-5-16(6-8-17)19-15-31-12-9-22(19)10-13-32(14-11-22)21(33)23(26,27)18-3-1-2-4-20(18)34-24(28,29)30/h1-8,19,31H,9-15H2/t19-/m0/s1. The third-order valence-electron chi connectivity index (χ3n) is 6.93. The molecule has 10 heteroatoms. The van der Waals surface area contributed by atoms with Crippen LogP contribution in [-0.4, -0.2) is 43.3 Å². The number of ether oxygens (including phenoxy) is 1. The molecule has 0 unspecified atom stereocenters. The molecule has 4 rings (SSSR count). The van der Waals surface area contributed by atoms with E-state index in [1.807, 2.05) is 0 Å². The summed E-state index contributed by atoms with van der Waals surface area (Å²) >= 11 is 0. The summed E-state index contributed by atoms with van der Waals surface area (Å²) < 4.78 is 85.4. The van der Waals surface area contributed by atoms with E-state index in [9.17, 15) is 22.4 Å². The molecule has 2 heterocycles. The Kier molecular flexibility index (Phi) is 6.54. The third kappa shape index (κ3) is 4.87. The minimum atomic E-state index is -5.17. The molecule has 4 nitrogen and oxygen atoms in total. The molecule has 1 N–H and O–H groups in total. The number of likely N-dealkylation sites (tertiary alicyclic amines) is 1. The maximum absolute atomic E-state index is 15.1. The largest absolute Gasteiger partial charge is 0.573 e. The predicted molar refractivity (Wildman–Crippen MR) is 112 cm³/mol. The van der Waals surface area contributed by atoms with Crippen molar-refractivity contribution in [2.75, 3.05) is 26.2 Å². The second-order valence-corrected chi connectivity index (χ2v) is 8.83. The van der Waals surface area contributed by atoms with Crippen molar-refractivity contribution in [3.63, 3.8) is 0 Å². The van der Waals surface area contributed by atoms with E-state index in [2.05, 4.69) is 10.1 Å². The number of nitrogens with zero attached hydrogens (tertiary/aromatic N) is 1. The molecule has 1 amide bonds. The fraction of sp³-hybridized carbons (Fsp3) is 0.458. The Morgan fingerprint density at radius 3 is 2.26 bits per heavy atom. The Morgan fingerprint density at radius 2 is 1.62 bits per heavy atom. The van der Waals surface area contributed by atoms with Crippen molar-refractivity contribution in [2.24, 2.45) is 5.41 Å². The quantitative estimate of drug-likeness (QED) is 0.604. The van der Waals surface area contributed by atoms with Crippen LogP contribution in [-0.2, 0) is 10.7 Å². The minimum Gasteiger partial charge on any atom is -0.405 e. The SMILES string of the molecule is O=C(N1CCC2(CCNC[C@H]2c2ccc(F)cc2)CC1)C(F)(F)c1ccccc1OC(F)(F)F. The zero-order valence-electron chi connectivity index (χ0n) is 18.2. The lowest BCUT2D eigenvalue weighted by molar-refractivity contribution is -0.275. The molecule has 0 aliphatic carbocycles. The number of amides is 1. The molecule has 1 spiro atoms. The van der Waals surface area contributed by atoms with Crippen molar-refractivity contribution in [2.45, 2.75) is 37.5 Å². The van der Waals surface area contributed by atoms with Gasteiger partial charge in [0.1, 0.15) is 11.6 Å². The van der Waals surface area contributed by atoms with Crippen LogP contribution < -0.4 is 10.1 Å². The fourth-order valence-corrected chi connectivity index (χ4v) is 5.15. The van der Waals surface area contributed by atoms with Gasteiger partial charge in [0.25, 0.3) is 5.91 Å². The van der Waals surface area contributed by atoms with Crippen molar-refractivity contribution in [3.8, 4) is 5.75 Å². The van der Waals surface area contributed by atoms with Gasteiger partial charge in [0.15, 0.2) is 0 Å². The van der Waals surface area contributed by atoms with Crippen LogP contribution in [0.2, 0.25) is 0 Å². The van der Waals surface area contributed by atoms with Gasteiger partial charge in [0.05, 0.1) is 5.56 Å². The van der Waals surface area contributed by atoms with Crippen molar-refractivity contribution in [1.29, 1.82) is 0 Å². The topological polar surface area (TPSA) is 41.6 Å². The molecule has 0 saturated carbocycles. The normalized spacial score (nSPS) is 20.9. The molecule has 1 atom stereocenters. The molecule has 2 aliphatic rings. The van der Waals surface area contributed by atoms with E-state index in [1.165, 1.54) is 12.1 Å². The van der Waals surface area contributed by atoms with E-state index in [-0.39, 0.29) is 30.2 Å². The van der Waals surface area contributed by atoms with E-state index in [1.54, 1.807) is 12.1 Å². The van der Waals surface area contributed by atoms with Gasteiger partial charge in [0.2, 0.25) is 0 Å². The van der Waals surface area contributed by atoms with Crippen molar-refractivity contribution in [1.82, 2.24) is 10.2 Å². The number of alkyl halides is 5. The summed E-state index contributed by atoms with van der Waals surface area (Å²) in [6, 6.07) is 10.00. The number of hydrogen-bond donors (Lipinski definition) is 1. The molecule has 0 bridgehead atoms. The van der Waals surface area contributed by atoms with Crippen LogP contribution in [0.25, 0.3) is 0 Å². The van der Waals surface area contributed by atoms with Crippen molar-refractivity contribution >= 4 is 5.91 Å². The lowest BCUT2D eigenvalue weighted by Gasteiger charge is -2.50. The van der Waals surface area contributed by atoms with Crippen molar-refractivity contribution in [3.05, 3.63) is 65.5 Å². The number of rotatable bonds is 4. The smallest absolute Gasteiger partial charge is 0.405 e. The van der Waals surface area contributed by atoms with Gasteiger partial charge in [-0.1, -0.05) is 24.3 Å². The average Bonchev–Trinajstić information content (AvgIpc) is 2.79. The monoisotopic (exact) mass is 486 g/mol. The van der Waals surface area contributed by atoms with E-state index in [0.29, 0.717) is 19.4 Å². The highest BCUT2D eigenvalue weighted by Crippen LogP contribution is 2.49. The first-order valence-corrected chi connectivity index (χ1v) is 11.0. The van der Waals surface area contributed by atoms with Crippen LogP contribution in [0.15, 0.2) is 48.5 Å². The second-order valence-electron chi connectivity index (χ2n) is 8.83. The van der Waals surface area contributed by atoms with Crippen LogP contribution in [0.1, 0.15) is 36.3 Å². The highest BCUT2D eigenvalue weighted by Gasteiger charge is 2.50. The Hall–Kier alpha value is -2.75. The van der Waals surface area contributed by atoms with Gasteiger partial charge in [-0.2, -0.15) is 8.78 Å². The van der Waals surface area contributed by atoms with Crippen molar-refractivity contribution < 1.29 is 35.9 Å². The number of nitrogens with one attached hydrogen (secondary N) is 1. The third-order valence-corrected chi connectivity index (χ3v) is 6.93. The number of hydrogen-bond acceptors (Lipinski definition) is 3.